The normalized spacial score (nSPS) is 20.2. The second-order valence-electron chi connectivity index (χ2n) is 4.09. The number of ether oxygens (including phenoxy) is 1. The van der Waals surface area contributed by atoms with Crippen LogP contribution in [0, 0.1) is 0 Å². The van der Waals surface area contributed by atoms with E-state index in [0.29, 0.717) is 6.61 Å². The Kier molecular flexibility index (Phi) is 3.74. The zero-order chi connectivity index (χ0) is 12.4. The molecule has 2 aromatic rings. The Morgan fingerprint density at radius 1 is 1.56 bits per heavy atom. The lowest BCUT2D eigenvalue weighted by molar-refractivity contribution is 0.0742. The molecule has 2 aromatic heterocycles. The van der Waals surface area contributed by atoms with Gasteiger partial charge < -0.3 is 10.1 Å². The van der Waals surface area contributed by atoms with E-state index in [0.717, 1.165) is 29.3 Å². The first-order chi connectivity index (χ1) is 8.81. The third-order valence-electron chi connectivity index (χ3n) is 2.73. The van der Waals surface area contributed by atoms with Crippen molar-refractivity contribution in [2.75, 3.05) is 19.8 Å². The quantitative estimate of drug-likeness (QED) is 0.933. The number of hydrogen-bond acceptors (Lipinski definition) is 5. The highest BCUT2D eigenvalue weighted by molar-refractivity contribution is 9.11. The van der Waals surface area contributed by atoms with Crippen LogP contribution >= 0.6 is 27.3 Å². The number of nitrogens with zero attached hydrogens (tertiary/aromatic N) is 3. The Morgan fingerprint density at radius 3 is 3.22 bits per heavy atom. The van der Waals surface area contributed by atoms with Crippen LogP contribution in [0.3, 0.4) is 0 Å². The third-order valence-corrected chi connectivity index (χ3v) is 4.34. The molecule has 1 fully saturated rings. The monoisotopic (exact) mass is 328 g/mol. The summed E-state index contributed by atoms with van der Waals surface area (Å²) in [6.45, 7) is 3.03. The number of rotatable bonds is 3. The average molecular weight is 329 g/mol. The highest BCUT2D eigenvalue weighted by atomic mass is 79.9. The molecule has 0 spiro atoms. The number of thiophene rings is 1. The van der Waals surface area contributed by atoms with Crippen LogP contribution in [0.4, 0.5) is 0 Å². The first-order valence-electron chi connectivity index (χ1n) is 5.76. The van der Waals surface area contributed by atoms with Gasteiger partial charge in [0.15, 0.2) is 5.82 Å². The van der Waals surface area contributed by atoms with E-state index in [4.69, 9.17) is 4.74 Å². The van der Waals surface area contributed by atoms with Crippen molar-refractivity contribution in [3.8, 4) is 0 Å². The molecule has 0 radical (unpaired) electrons. The van der Waals surface area contributed by atoms with Gasteiger partial charge in [-0.25, -0.2) is 9.67 Å². The van der Waals surface area contributed by atoms with Gasteiger partial charge in [0.25, 0.3) is 0 Å². The number of aromatic nitrogens is 3. The van der Waals surface area contributed by atoms with Gasteiger partial charge in [-0.05, 0) is 28.1 Å². The van der Waals surface area contributed by atoms with E-state index in [-0.39, 0.29) is 6.04 Å². The maximum absolute atomic E-state index is 5.41. The molecule has 0 saturated carbocycles. The van der Waals surface area contributed by atoms with Gasteiger partial charge in [-0.15, -0.1) is 11.3 Å². The molecule has 0 amide bonds. The second kappa shape index (κ2) is 5.48. The van der Waals surface area contributed by atoms with Crippen molar-refractivity contribution in [1.82, 2.24) is 20.1 Å². The van der Waals surface area contributed by atoms with Crippen molar-refractivity contribution in [1.29, 1.82) is 0 Å². The average Bonchev–Trinajstić information content (AvgIpc) is 3.01. The van der Waals surface area contributed by atoms with Crippen LogP contribution in [0.2, 0.25) is 0 Å². The minimum atomic E-state index is 0.120. The van der Waals surface area contributed by atoms with Gasteiger partial charge in [0.2, 0.25) is 0 Å². The zero-order valence-electron chi connectivity index (χ0n) is 9.67. The molecule has 1 atom stereocenters. The van der Waals surface area contributed by atoms with Gasteiger partial charge in [-0.2, -0.15) is 5.10 Å². The Morgan fingerprint density at radius 2 is 2.50 bits per heavy atom. The molecule has 1 aliphatic rings. The highest BCUT2D eigenvalue weighted by Crippen LogP contribution is 2.22. The SMILES string of the molecule is Brc1ccc(Cn2cnc(C3COCCN3)n2)s1. The summed E-state index contributed by atoms with van der Waals surface area (Å²) >= 11 is 5.18. The van der Waals surface area contributed by atoms with Crippen LogP contribution in [0.15, 0.2) is 22.2 Å². The maximum atomic E-state index is 5.41. The number of halogens is 1. The molecule has 0 aromatic carbocycles. The molecule has 1 N–H and O–H groups in total. The molecule has 3 rings (SSSR count). The number of hydrogen-bond donors (Lipinski definition) is 1. The standard InChI is InChI=1S/C11H13BrN4OS/c12-10-2-1-8(18-10)5-16-7-14-11(15-16)9-6-17-4-3-13-9/h1-2,7,9,13H,3-6H2. The predicted molar refractivity (Wildman–Crippen MR) is 72.7 cm³/mol. The van der Waals surface area contributed by atoms with Crippen molar-refractivity contribution in [2.24, 2.45) is 0 Å². The van der Waals surface area contributed by atoms with E-state index in [1.807, 2.05) is 10.7 Å². The molecular formula is C11H13BrN4OS. The first kappa shape index (κ1) is 12.3. The van der Waals surface area contributed by atoms with Crippen LogP contribution in [-0.2, 0) is 11.3 Å². The van der Waals surface area contributed by atoms with Crippen LogP contribution < -0.4 is 5.32 Å². The molecule has 18 heavy (non-hydrogen) atoms. The van der Waals surface area contributed by atoms with Crippen LogP contribution in [-0.4, -0.2) is 34.5 Å². The predicted octanol–water partition coefficient (Wildman–Crippen LogP) is 1.81. The van der Waals surface area contributed by atoms with Crippen molar-refractivity contribution < 1.29 is 4.74 Å². The fourth-order valence-corrected chi connectivity index (χ4v) is 3.35. The Bertz CT molecular complexity index is 521. The molecule has 0 bridgehead atoms. The summed E-state index contributed by atoms with van der Waals surface area (Å²) in [7, 11) is 0. The largest absolute Gasteiger partial charge is 0.378 e. The molecule has 1 aliphatic heterocycles. The lowest BCUT2D eigenvalue weighted by atomic mass is 10.3. The van der Waals surface area contributed by atoms with E-state index in [9.17, 15) is 0 Å². The minimum absolute atomic E-state index is 0.120. The molecule has 1 saturated heterocycles. The lowest BCUT2D eigenvalue weighted by Crippen LogP contribution is -2.35. The molecular weight excluding hydrogens is 316 g/mol. The van der Waals surface area contributed by atoms with Crippen LogP contribution in [0.5, 0.6) is 0 Å². The fraction of sp³-hybridized carbons (Fsp3) is 0.455. The molecule has 0 aliphatic carbocycles. The third kappa shape index (κ3) is 2.80. The smallest absolute Gasteiger partial charge is 0.169 e. The molecule has 3 heterocycles. The Hall–Kier alpha value is -0.760. The first-order valence-corrected chi connectivity index (χ1v) is 7.37. The van der Waals surface area contributed by atoms with Gasteiger partial charge in [0.05, 0.1) is 29.6 Å². The van der Waals surface area contributed by atoms with Gasteiger partial charge in [0.1, 0.15) is 6.33 Å². The summed E-state index contributed by atoms with van der Waals surface area (Å²) < 4.78 is 8.42. The summed E-state index contributed by atoms with van der Waals surface area (Å²) in [5.41, 5.74) is 0. The van der Waals surface area contributed by atoms with E-state index in [2.05, 4.69) is 37.4 Å². The summed E-state index contributed by atoms with van der Waals surface area (Å²) in [4.78, 5) is 5.60. The molecule has 1 unspecified atom stereocenters. The molecule has 7 heteroatoms. The number of morpholine rings is 1. The Labute approximate surface area is 117 Å². The Balaban J connectivity index is 1.69. The summed E-state index contributed by atoms with van der Waals surface area (Å²) in [5.74, 6) is 0.810. The maximum Gasteiger partial charge on any atom is 0.169 e. The summed E-state index contributed by atoms with van der Waals surface area (Å²) in [5, 5.41) is 7.84. The van der Waals surface area contributed by atoms with Crippen LogP contribution in [0.25, 0.3) is 0 Å². The van der Waals surface area contributed by atoms with Crippen molar-refractivity contribution in [3.05, 3.63) is 32.9 Å². The topological polar surface area (TPSA) is 52.0 Å². The van der Waals surface area contributed by atoms with E-state index in [1.54, 1.807) is 17.7 Å². The van der Waals surface area contributed by atoms with E-state index >= 15 is 0 Å². The van der Waals surface area contributed by atoms with Gasteiger partial charge in [-0.3, -0.25) is 0 Å². The number of nitrogens with one attached hydrogen (secondary N) is 1. The van der Waals surface area contributed by atoms with Crippen LogP contribution in [0.1, 0.15) is 16.7 Å². The van der Waals surface area contributed by atoms with E-state index in [1.165, 1.54) is 4.88 Å². The van der Waals surface area contributed by atoms with Crippen molar-refractivity contribution in [2.45, 2.75) is 12.6 Å². The van der Waals surface area contributed by atoms with Gasteiger partial charge >= 0.3 is 0 Å². The minimum Gasteiger partial charge on any atom is -0.378 e. The van der Waals surface area contributed by atoms with E-state index < -0.39 is 0 Å². The zero-order valence-corrected chi connectivity index (χ0v) is 12.1. The molecule has 96 valence electrons. The highest BCUT2D eigenvalue weighted by Gasteiger charge is 2.19. The fourth-order valence-electron chi connectivity index (χ4n) is 1.87. The summed E-state index contributed by atoms with van der Waals surface area (Å²) in [6, 6.07) is 4.27. The van der Waals surface area contributed by atoms with Crippen molar-refractivity contribution >= 4 is 27.3 Å². The van der Waals surface area contributed by atoms with Gasteiger partial charge in [-0.1, -0.05) is 0 Å². The van der Waals surface area contributed by atoms with Gasteiger partial charge in [0, 0.05) is 11.4 Å². The molecule has 5 nitrogen and oxygen atoms in total. The lowest BCUT2D eigenvalue weighted by Gasteiger charge is -2.20. The van der Waals surface area contributed by atoms with Crippen molar-refractivity contribution in [3.63, 3.8) is 0 Å². The second-order valence-corrected chi connectivity index (χ2v) is 6.64. The summed E-state index contributed by atoms with van der Waals surface area (Å²) in [6.07, 6.45) is 1.78.